The maximum atomic E-state index is 11.7. The lowest BCUT2D eigenvalue weighted by atomic mass is 10.0. The van der Waals surface area contributed by atoms with Gasteiger partial charge in [-0.25, -0.2) is 0 Å². The van der Waals surface area contributed by atoms with Crippen LogP contribution in [0, 0.1) is 6.92 Å². The number of aryl methyl sites for hydroxylation is 2. The van der Waals surface area contributed by atoms with E-state index in [4.69, 9.17) is 4.42 Å². The molecule has 0 atom stereocenters. The molecule has 0 spiro atoms. The van der Waals surface area contributed by atoms with Crippen molar-refractivity contribution in [2.45, 2.75) is 46.5 Å². The summed E-state index contributed by atoms with van der Waals surface area (Å²) in [6, 6.07) is 9.71. The van der Waals surface area contributed by atoms with E-state index in [-0.39, 0.29) is 0 Å². The SMILES string of the molecule is CCCc1oc(C)c(N(C=O)c2ccccc2)c1CCC. The van der Waals surface area contributed by atoms with Gasteiger partial charge in [0, 0.05) is 17.7 Å². The lowest BCUT2D eigenvalue weighted by Crippen LogP contribution is -2.16. The molecule has 0 fully saturated rings. The van der Waals surface area contributed by atoms with Crippen molar-refractivity contribution < 1.29 is 9.21 Å². The quantitative estimate of drug-likeness (QED) is 0.685. The Morgan fingerprint density at radius 2 is 1.76 bits per heavy atom. The maximum Gasteiger partial charge on any atom is 0.218 e. The summed E-state index contributed by atoms with van der Waals surface area (Å²) in [4.78, 5) is 13.4. The summed E-state index contributed by atoms with van der Waals surface area (Å²) in [7, 11) is 0. The number of benzene rings is 1. The van der Waals surface area contributed by atoms with Gasteiger partial charge in [-0.15, -0.1) is 0 Å². The van der Waals surface area contributed by atoms with Crippen molar-refractivity contribution in [2.24, 2.45) is 0 Å². The summed E-state index contributed by atoms with van der Waals surface area (Å²) in [6.07, 6.45) is 4.79. The lowest BCUT2D eigenvalue weighted by molar-refractivity contribution is -0.106. The number of hydrogen-bond acceptors (Lipinski definition) is 2. The van der Waals surface area contributed by atoms with E-state index >= 15 is 0 Å². The molecular weight excluding hydrogens is 262 g/mol. The van der Waals surface area contributed by atoms with Gasteiger partial charge in [0.1, 0.15) is 11.5 Å². The Morgan fingerprint density at radius 3 is 2.33 bits per heavy atom. The van der Waals surface area contributed by atoms with Gasteiger partial charge in [0.15, 0.2) is 0 Å². The van der Waals surface area contributed by atoms with Gasteiger partial charge in [0.25, 0.3) is 0 Å². The van der Waals surface area contributed by atoms with Crippen molar-refractivity contribution in [3.63, 3.8) is 0 Å². The number of amides is 1. The monoisotopic (exact) mass is 285 g/mol. The summed E-state index contributed by atoms with van der Waals surface area (Å²) in [5, 5.41) is 0. The fraction of sp³-hybridized carbons (Fsp3) is 0.389. The normalized spacial score (nSPS) is 10.6. The summed E-state index contributed by atoms with van der Waals surface area (Å²) >= 11 is 0. The highest BCUT2D eigenvalue weighted by Crippen LogP contribution is 2.36. The van der Waals surface area contributed by atoms with Gasteiger partial charge in [0.2, 0.25) is 6.41 Å². The number of hydrogen-bond donors (Lipinski definition) is 0. The van der Waals surface area contributed by atoms with Crippen LogP contribution in [0.5, 0.6) is 0 Å². The van der Waals surface area contributed by atoms with E-state index in [0.29, 0.717) is 0 Å². The average molecular weight is 285 g/mol. The third kappa shape index (κ3) is 3.18. The lowest BCUT2D eigenvalue weighted by Gasteiger charge is -2.18. The summed E-state index contributed by atoms with van der Waals surface area (Å²) in [5.41, 5.74) is 2.96. The highest BCUT2D eigenvalue weighted by molar-refractivity contribution is 5.88. The van der Waals surface area contributed by atoms with Crippen LogP contribution in [-0.2, 0) is 17.6 Å². The Labute approximate surface area is 126 Å². The van der Waals surface area contributed by atoms with E-state index in [1.165, 1.54) is 5.56 Å². The Kier molecular flexibility index (Phi) is 5.20. The second kappa shape index (κ2) is 7.11. The predicted molar refractivity (Wildman–Crippen MR) is 86.1 cm³/mol. The minimum atomic E-state index is 0.817. The zero-order chi connectivity index (χ0) is 15.2. The van der Waals surface area contributed by atoms with Crippen LogP contribution in [0.2, 0.25) is 0 Å². The number of rotatable bonds is 7. The van der Waals surface area contributed by atoms with Crippen molar-refractivity contribution in [2.75, 3.05) is 4.90 Å². The number of nitrogens with zero attached hydrogens (tertiary/aromatic N) is 1. The van der Waals surface area contributed by atoms with Gasteiger partial charge in [-0.2, -0.15) is 0 Å². The molecule has 0 aliphatic rings. The van der Waals surface area contributed by atoms with Crippen molar-refractivity contribution >= 4 is 17.8 Å². The first-order valence-corrected chi connectivity index (χ1v) is 7.63. The highest BCUT2D eigenvalue weighted by atomic mass is 16.3. The van der Waals surface area contributed by atoms with Crippen LogP contribution in [0.3, 0.4) is 0 Å². The second-order valence-corrected chi connectivity index (χ2v) is 5.22. The first-order chi connectivity index (χ1) is 10.2. The predicted octanol–water partition coefficient (Wildman–Crippen LogP) is 4.79. The molecule has 0 bridgehead atoms. The van der Waals surface area contributed by atoms with Crippen LogP contribution in [0.25, 0.3) is 0 Å². The first kappa shape index (κ1) is 15.4. The van der Waals surface area contributed by atoms with Crippen LogP contribution >= 0.6 is 0 Å². The Bertz CT molecular complexity index is 587. The molecule has 1 amide bonds. The second-order valence-electron chi connectivity index (χ2n) is 5.22. The van der Waals surface area contributed by atoms with Crippen molar-refractivity contribution in [1.82, 2.24) is 0 Å². The summed E-state index contributed by atoms with van der Waals surface area (Å²) in [5.74, 6) is 1.84. The van der Waals surface area contributed by atoms with E-state index in [1.54, 1.807) is 4.90 Å². The molecule has 1 aromatic heterocycles. The van der Waals surface area contributed by atoms with E-state index in [2.05, 4.69) is 13.8 Å². The first-order valence-electron chi connectivity index (χ1n) is 7.63. The third-order valence-electron chi connectivity index (χ3n) is 3.59. The minimum absolute atomic E-state index is 0.817. The van der Waals surface area contributed by atoms with Crippen LogP contribution < -0.4 is 4.90 Å². The molecule has 0 aliphatic carbocycles. The molecule has 3 heteroatoms. The van der Waals surface area contributed by atoms with Gasteiger partial charge < -0.3 is 4.42 Å². The highest BCUT2D eigenvalue weighted by Gasteiger charge is 2.22. The molecule has 2 rings (SSSR count). The largest absolute Gasteiger partial charge is 0.464 e. The van der Waals surface area contributed by atoms with Gasteiger partial charge >= 0.3 is 0 Å². The Hall–Kier alpha value is -2.03. The number of para-hydroxylation sites is 1. The number of carbonyl (C=O) groups excluding carboxylic acids is 1. The zero-order valence-electron chi connectivity index (χ0n) is 13.1. The molecule has 0 saturated carbocycles. The molecule has 21 heavy (non-hydrogen) atoms. The topological polar surface area (TPSA) is 33.5 Å². The minimum Gasteiger partial charge on any atom is -0.464 e. The van der Waals surface area contributed by atoms with E-state index in [9.17, 15) is 4.79 Å². The molecule has 1 aromatic carbocycles. The van der Waals surface area contributed by atoms with E-state index in [1.807, 2.05) is 37.3 Å². The van der Waals surface area contributed by atoms with Crippen molar-refractivity contribution in [3.8, 4) is 0 Å². The van der Waals surface area contributed by atoms with Gasteiger partial charge in [-0.1, -0.05) is 38.5 Å². The average Bonchev–Trinajstić information content (AvgIpc) is 2.79. The van der Waals surface area contributed by atoms with Crippen LogP contribution in [-0.4, -0.2) is 6.41 Å². The van der Waals surface area contributed by atoms with Crippen molar-refractivity contribution in [3.05, 3.63) is 47.4 Å². The molecule has 0 aliphatic heterocycles. The Morgan fingerprint density at radius 1 is 1.10 bits per heavy atom. The number of anilines is 2. The molecule has 0 radical (unpaired) electrons. The molecule has 1 heterocycles. The standard InChI is InChI=1S/C18H23NO2/c1-4-9-16-17(10-5-2)21-14(3)18(16)19(13-20)15-11-7-6-8-12-15/h6-8,11-13H,4-5,9-10H2,1-3H3. The summed E-state index contributed by atoms with van der Waals surface area (Å²) < 4.78 is 5.94. The smallest absolute Gasteiger partial charge is 0.218 e. The van der Waals surface area contributed by atoms with E-state index < -0.39 is 0 Å². The molecule has 2 aromatic rings. The van der Waals surface area contributed by atoms with Crippen LogP contribution in [0.1, 0.15) is 43.8 Å². The molecule has 112 valence electrons. The number of carbonyl (C=O) groups is 1. The van der Waals surface area contributed by atoms with E-state index in [0.717, 1.165) is 55.0 Å². The molecule has 0 unspecified atom stereocenters. The van der Waals surface area contributed by atoms with Crippen molar-refractivity contribution in [1.29, 1.82) is 0 Å². The van der Waals surface area contributed by atoms with Crippen LogP contribution in [0.15, 0.2) is 34.7 Å². The molecule has 3 nitrogen and oxygen atoms in total. The molecule has 0 saturated heterocycles. The molecular formula is C18H23NO2. The fourth-order valence-corrected chi connectivity index (χ4v) is 2.72. The van der Waals surface area contributed by atoms with Gasteiger partial charge in [0.05, 0.1) is 5.69 Å². The third-order valence-corrected chi connectivity index (χ3v) is 3.59. The maximum absolute atomic E-state index is 11.7. The zero-order valence-corrected chi connectivity index (χ0v) is 13.1. The molecule has 0 N–H and O–H groups in total. The summed E-state index contributed by atoms with van der Waals surface area (Å²) in [6.45, 7) is 6.23. The van der Waals surface area contributed by atoms with Gasteiger partial charge in [-0.05, 0) is 31.9 Å². The van der Waals surface area contributed by atoms with Crippen LogP contribution in [0.4, 0.5) is 11.4 Å². The van der Waals surface area contributed by atoms with Gasteiger partial charge in [-0.3, -0.25) is 9.69 Å². The number of furan rings is 1. The fourth-order valence-electron chi connectivity index (χ4n) is 2.72. The Balaban J connectivity index is 2.52.